The van der Waals surface area contributed by atoms with Gasteiger partial charge < -0.3 is 48.3 Å². The molecule has 2 N–H and O–H groups in total. The van der Waals surface area contributed by atoms with Crippen molar-refractivity contribution >= 4 is 41.5 Å². The number of Topliss-reactive ketones (excluding diaryl/α,β-unsaturated/α-hetero) is 1. The molecule has 1 fully saturated rings. The van der Waals surface area contributed by atoms with Gasteiger partial charge in [-0.25, -0.2) is 4.79 Å². The molecule has 1 aliphatic rings. The molecule has 0 saturated carbocycles. The van der Waals surface area contributed by atoms with Crippen molar-refractivity contribution in [3.8, 4) is 0 Å². The van der Waals surface area contributed by atoms with E-state index < -0.39 is 111 Å². The fourth-order valence-electron chi connectivity index (χ4n) is 11.6. The molecule has 6 atom stereocenters. The average Bonchev–Trinajstić information content (AvgIpc) is 0.796. The van der Waals surface area contributed by atoms with Gasteiger partial charge in [0.25, 0.3) is 0 Å². The van der Waals surface area contributed by atoms with Gasteiger partial charge in [-0.05, 0) is 36.0 Å². The minimum atomic E-state index is -1.76. The van der Waals surface area contributed by atoms with Crippen molar-refractivity contribution in [3.63, 3.8) is 0 Å². The summed E-state index contributed by atoms with van der Waals surface area (Å²) in [6.45, 7) is 5.20. The summed E-state index contributed by atoms with van der Waals surface area (Å²) >= 11 is 0. The molecule has 0 radical (unpaired) electrons. The molecule has 1 heterocycles. The highest BCUT2D eigenvalue weighted by Gasteiger charge is 2.50. The lowest BCUT2D eigenvalue weighted by Crippen LogP contribution is -2.66. The first-order valence-electron chi connectivity index (χ1n) is 36.7. The number of aliphatic hydroxyl groups excluding tert-OH is 1. The Morgan fingerprint density at radius 1 is 0.442 bits per heavy atom. The third kappa shape index (κ3) is 39.1. The van der Waals surface area contributed by atoms with Gasteiger partial charge in [-0.1, -0.05) is 298 Å². The standard InChI is InChI=1S/C78H119NO16/c1-4-7-10-13-16-19-22-25-28-31-43-52-69(81)79-74-76(95-70(82)53-44-32-29-26-23-20-17-14-11-8-5-2)75(86)68(94-78(74)93-66(54-71(83)89-57-62-45-36-33-37-46-62)55-72(84)90-58-63-47-38-34-39-48-63)61-91-73(85)56-67(77(87)92-59-64-49-40-35-41-50-64)88-60-65(80)51-42-30-27-24-21-18-15-12-9-6-3/h33-41,45-50,66-68,74-76,78,86H,4-32,42-44,51-61H2,1-3H3,(H,79,81)/t67?,68-,74-,75-,76-,78+/m1/s1. The summed E-state index contributed by atoms with van der Waals surface area (Å²) in [6, 6.07) is 25.6. The topological polar surface area (TPSA) is 226 Å². The molecule has 0 spiro atoms. The van der Waals surface area contributed by atoms with E-state index in [0.29, 0.717) is 24.8 Å². The second kappa shape index (κ2) is 53.1. The van der Waals surface area contributed by atoms with Gasteiger partial charge in [-0.2, -0.15) is 0 Å². The molecule has 17 nitrogen and oxygen atoms in total. The van der Waals surface area contributed by atoms with Crippen LogP contribution in [0.4, 0.5) is 0 Å². The molecule has 3 aromatic carbocycles. The molecule has 3 aromatic rings. The number of aliphatic hydroxyl groups is 1. The predicted octanol–water partition coefficient (Wildman–Crippen LogP) is 16.5. The lowest BCUT2D eigenvalue weighted by atomic mass is 9.95. The quantitative estimate of drug-likeness (QED) is 0.0304. The Morgan fingerprint density at radius 3 is 1.25 bits per heavy atom. The number of amides is 1. The minimum Gasteiger partial charge on any atom is -0.463 e. The summed E-state index contributed by atoms with van der Waals surface area (Å²) in [6.07, 6.45) is 23.7. The van der Waals surface area contributed by atoms with Crippen LogP contribution in [0.15, 0.2) is 91.0 Å². The Morgan fingerprint density at radius 2 is 0.821 bits per heavy atom. The summed E-state index contributed by atoms with van der Waals surface area (Å²) < 4.78 is 47.9. The van der Waals surface area contributed by atoms with Crippen molar-refractivity contribution in [1.82, 2.24) is 5.32 Å². The van der Waals surface area contributed by atoms with Crippen LogP contribution in [-0.4, -0.2) is 103 Å². The highest BCUT2D eigenvalue weighted by Crippen LogP contribution is 2.29. The van der Waals surface area contributed by atoms with Gasteiger partial charge in [0.2, 0.25) is 5.91 Å². The molecule has 1 saturated heterocycles. The summed E-state index contributed by atoms with van der Waals surface area (Å²) in [5.74, 6) is -4.68. The first-order chi connectivity index (χ1) is 46.4. The van der Waals surface area contributed by atoms with Crippen LogP contribution in [0.1, 0.15) is 281 Å². The van der Waals surface area contributed by atoms with Crippen LogP contribution in [0.25, 0.3) is 0 Å². The summed E-state index contributed by atoms with van der Waals surface area (Å²) in [5, 5.41) is 15.3. The van der Waals surface area contributed by atoms with Gasteiger partial charge >= 0.3 is 29.8 Å². The fourth-order valence-corrected chi connectivity index (χ4v) is 11.6. The van der Waals surface area contributed by atoms with E-state index in [0.717, 1.165) is 88.2 Å². The van der Waals surface area contributed by atoms with Crippen LogP contribution >= 0.6 is 0 Å². The van der Waals surface area contributed by atoms with Crippen LogP contribution in [0.5, 0.6) is 0 Å². The molecular weight excluding hydrogens is 1210 g/mol. The van der Waals surface area contributed by atoms with E-state index in [-0.39, 0.29) is 44.9 Å². The maximum Gasteiger partial charge on any atom is 0.336 e. The molecular formula is C78H119NO16. The smallest absolute Gasteiger partial charge is 0.336 e. The van der Waals surface area contributed by atoms with E-state index in [1.165, 1.54) is 109 Å². The first-order valence-corrected chi connectivity index (χ1v) is 36.7. The fraction of sp³-hybridized carbons (Fsp3) is 0.679. The van der Waals surface area contributed by atoms with E-state index in [2.05, 4.69) is 26.1 Å². The number of rotatable bonds is 57. The Bertz CT molecular complexity index is 2440. The second-order valence-corrected chi connectivity index (χ2v) is 25.9. The van der Waals surface area contributed by atoms with Gasteiger partial charge in [-0.3, -0.25) is 28.8 Å². The number of benzene rings is 3. The van der Waals surface area contributed by atoms with Crippen LogP contribution in [0.2, 0.25) is 0 Å². The van der Waals surface area contributed by atoms with Gasteiger partial charge in [0.05, 0.1) is 25.4 Å². The maximum absolute atomic E-state index is 14.2. The molecule has 532 valence electrons. The van der Waals surface area contributed by atoms with Crippen LogP contribution < -0.4 is 5.32 Å². The third-order valence-corrected chi connectivity index (χ3v) is 17.4. The number of unbranched alkanes of at least 4 members (excludes halogenated alkanes) is 29. The summed E-state index contributed by atoms with van der Waals surface area (Å²) in [5.41, 5.74) is 2.12. The van der Waals surface area contributed by atoms with Crippen molar-refractivity contribution in [3.05, 3.63) is 108 Å². The number of esters is 5. The molecule has 0 aliphatic carbocycles. The van der Waals surface area contributed by atoms with Crippen molar-refractivity contribution in [2.75, 3.05) is 13.2 Å². The Hall–Kier alpha value is -6.01. The van der Waals surface area contributed by atoms with E-state index in [4.69, 9.17) is 37.9 Å². The molecule has 4 rings (SSSR count). The van der Waals surface area contributed by atoms with Crippen molar-refractivity contribution in [2.24, 2.45) is 0 Å². The molecule has 1 aliphatic heterocycles. The number of hydrogen-bond donors (Lipinski definition) is 2. The van der Waals surface area contributed by atoms with Gasteiger partial charge in [0.15, 0.2) is 24.3 Å². The lowest BCUT2D eigenvalue weighted by Gasteiger charge is -2.44. The van der Waals surface area contributed by atoms with E-state index in [1.807, 2.05) is 42.5 Å². The number of carbonyl (C=O) groups excluding carboxylic acids is 7. The Labute approximate surface area is 569 Å². The van der Waals surface area contributed by atoms with Crippen LogP contribution in [-0.2, 0) is 91.3 Å². The van der Waals surface area contributed by atoms with Crippen molar-refractivity contribution in [2.45, 2.75) is 327 Å². The minimum absolute atomic E-state index is 0.00166. The molecule has 1 unspecified atom stereocenters. The largest absolute Gasteiger partial charge is 0.463 e. The summed E-state index contributed by atoms with van der Waals surface area (Å²) in [7, 11) is 0. The van der Waals surface area contributed by atoms with E-state index in [1.54, 1.807) is 48.5 Å². The second-order valence-electron chi connectivity index (χ2n) is 25.9. The molecule has 1 amide bonds. The predicted molar refractivity (Wildman–Crippen MR) is 368 cm³/mol. The van der Waals surface area contributed by atoms with E-state index in [9.17, 15) is 38.7 Å². The third-order valence-electron chi connectivity index (χ3n) is 17.4. The zero-order chi connectivity index (χ0) is 68.2. The molecule has 17 heteroatoms. The highest BCUT2D eigenvalue weighted by atomic mass is 16.7. The summed E-state index contributed by atoms with van der Waals surface area (Å²) in [4.78, 5) is 96.8. The average molecular weight is 1330 g/mol. The van der Waals surface area contributed by atoms with Gasteiger partial charge in [-0.15, -0.1) is 0 Å². The number of ether oxygens (including phenoxy) is 8. The van der Waals surface area contributed by atoms with Gasteiger partial charge in [0.1, 0.15) is 51.3 Å². The normalized spacial score (nSPS) is 16.4. The SMILES string of the molecule is CCCCCCCCCCCCCC(=O)N[C@H]1[C@@H](OC(CC(=O)OCc2ccccc2)CC(=O)OCc2ccccc2)O[C@H](COC(=O)CC(OCC(=O)CCCCCCCCCCCC)C(=O)OCc2ccccc2)[C@@H](O)[C@@H]1OC(=O)CCCCCCCCCCCCC. The maximum atomic E-state index is 14.2. The molecule has 0 bridgehead atoms. The number of nitrogens with one attached hydrogen (secondary N) is 1. The van der Waals surface area contributed by atoms with Crippen molar-refractivity contribution in [1.29, 1.82) is 0 Å². The van der Waals surface area contributed by atoms with Crippen LogP contribution in [0.3, 0.4) is 0 Å². The highest BCUT2D eigenvalue weighted by molar-refractivity contribution is 5.83. The zero-order valence-electron chi connectivity index (χ0n) is 58.2. The monoisotopic (exact) mass is 1330 g/mol. The first kappa shape index (κ1) is 81.4. The number of ketones is 1. The number of hydrogen-bond acceptors (Lipinski definition) is 16. The Balaban J connectivity index is 1.59. The van der Waals surface area contributed by atoms with Gasteiger partial charge in [0, 0.05) is 19.3 Å². The zero-order valence-corrected chi connectivity index (χ0v) is 58.2. The number of carbonyl (C=O) groups is 7. The van der Waals surface area contributed by atoms with E-state index >= 15 is 0 Å². The van der Waals surface area contributed by atoms with Crippen LogP contribution in [0, 0.1) is 0 Å². The van der Waals surface area contributed by atoms with Crippen molar-refractivity contribution < 1.29 is 76.6 Å². The Kier molecular flexibility index (Phi) is 45.5. The molecule has 95 heavy (non-hydrogen) atoms. The molecule has 0 aromatic heterocycles. The lowest BCUT2D eigenvalue weighted by molar-refractivity contribution is -0.286.